The van der Waals surface area contributed by atoms with E-state index < -0.39 is 41.1 Å². The van der Waals surface area contributed by atoms with Crippen LogP contribution < -0.4 is 10.2 Å². The van der Waals surface area contributed by atoms with Crippen molar-refractivity contribution in [2.45, 2.75) is 57.9 Å². The smallest absolute Gasteiger partial charge is 0.332 e. The lowest BCUT2D eigenvalue weighted by Crippen LogP contribution is -2.70. The third-order valence-corrected chi connectivity index (χ3v) is 8.38. The lowest BCUT2D eigenvalue weighted by atomic mass is 9.68. The van der Waals surface area contributed by atoms with E-state index in [2.05, 4.69) is 17.1 Å². The van der Waals surface area contributed by atoms with Crippen molar-refractivity contribution in [3.05, 3.63) is 34.9 Å². The van der Waals surface area contributed by atoms with Gasteiger partial charge in [-0.2, -0.15) is 0 Å². The molecule has 1 unspecified atom stereocenters. The van der Waals surface area contributed by atoms with E-state index in [0.29, 0.717) is 24.9 Å². The molecule has 0 aromatic heterocycles. The Kier molecular flexibility index (Phi) is 6.77. The molecule has 8 amide bonds. The molecule has 4 aliphatic heterocycles. The first-order valence-electron chi connectivity index (χ1n) is 13.5. The van der Waals surface area contributed by atoms with Crippen LogP contribution in [0.1, 0.15) is 56.6 Å². The molecule has 11 heteroatoms. The van der Waals surface area contributed by atoms with E-state index in [4.69, 9.17) is 0 Å². The van der Waals surface area contributed by atoms with E-state index >= 15 is 0 Å². The molecule has 0 bridgehead atoms. The topological polar surface area (TPSA) is 127 Å². The minimum Gasteiger partial charge on any atom is -0.367 e. The van der Waals surface area contributed by atoms with Crippen molar-refractivity contribution in [3.8, 4) is 0 Å². The van der Waals surface area contributed by atoms with Gasteiger partial charge in [-0.1, -0.05) is 32.3 Å². The average Bonchev–Trinajstić information content (AvgIpc) is 3.42. The van der Waals surface area contributed by atoms with Crippen LogP contribution in [-0.4, -0.2) is 83.6 Å². The van der Waals surface area contributed by atoms with Crippen LogP contribution in [0.4, 0.5) is 15.3 Å². The van der Waals surface area contributed by atoms with Gasteiger partial charge in [0, 0.05) is 32.9 Å². The third kappa shape index (κ3) is 4.11. The van der Waals surface area contributed by atoms with Crippen molar-refractivity contribution in [3.63, 3.8) is 0 Å². The molecule has 5 rings (SSSR count). The summed E-state index contributed by atoms with van der Waals surface area (Å²) in [6.07, 6.45) is 6.52. The van der Waals surface area contributed by atoms with Crippen LogP contribution >= 0.6 is 0 Å². The number of unbranched alkanes of at least 4 members (excludes halogenated alkanes) is 3. The lowest BCUT2D eigenvalue weighted by Gasteiger charge is -2.50. The molecule has 206 valence electrons. The molecule has 1 aromatic rings. The van der Waals surface area contributed by atoms with Crippen molar-refractivity contribution in [1.82, 2.24) is 20.0 Å². The Morgan fingerprint density at radius 3 is 2.41 bits per heavy atom. The van der Waals surface area contributed by atoms with Gasteiger partial charge in [-0.05, 0) is 55.0 Å². The fraction of sp³-hybridized carbons (Fsp3) is 0.500. The molecule has 39 heavy (non-hydrogen) atoms. The number of anilines is 1. The van der Waals surface area contributed by atoms with Crippen LogP contribution in [0.15, 0.2) is 23.8 Å². The lowest BCUT2D eigenvalue weighted by molar-refractivity contribution is -0.159. The normalized spacial score (nSPS) is 23.7. The molecule has 1 atom stereocenters. The molecule has 0 radical (unpaired) electrons. The van der Waals surface area contributed by atoms with Crippen LogP contribution in [0, 0.1) is 5.41 Å². The fourth-order valence-corrected chi connectivity index (χ4v) is 6.39. The second-order valence-electron chi connectivity index (χ2n) is 10.7. The Morgan fingerprint density at radius 1 is 1.00 bits per heavy atom. The Bertz CT molecular complexity index is 1300. The van der Waals surface area contributed by atoms with Crippen LogP contribution in [0.3, 0.4) is 0 Å². The molecule has 4 heterocycles. The summed E-state index contributed by atoms with van der Waals surface area (Å²) in [5, 5.41) is 2.25. The van der Waals surface area contributed by atoms with Gasteiger partial charge >= 0.3 is 12.1 Å². The second-order valence-corrected chi connectivity index (χ2v) is 10.7. The molecular formula is C28H33N5O6. The number of amides is 8. The van der Waals surface area contributed by atoms with E-state index in [1.165, 1.54) is 20.2 Å². The maximum atomic E-state index is 13.6. The number of carbonyl (C=O) groups excluding carboxylic acids is 6. The largest absolute Gasteiger partial charge is 0.367 e. The monoisotopic (exact) mass is 535 g/mol. The predicted molar refractivity (Wildman–Crippen MR) is 141 cm³/mol. The van der Waals surface area contributed by atoms with E-state index in [1.54, 1.807) is 12.1 Å². The van der Waals surface area contributed by atoms with Gasteiger partial charge in [0.25, 0.3) is 11.8 Å². The maximum absolute atomic E-state index is 13.6. The summed E-state index contributed by atoms with van der Waals surface area (Å²) in [6.45, 7) is 2.96. The number of urea groups is 2. The van der Waals surface area contributed by atoms with Gasteiger partial charge in [0.1, 0.15) is 5.57 Å². The number of carbonyl (C=O) groups is 6. The van der Waals surface area contributed by atoms with Gasteiger partial charge in [0.15, 0.2) is 5.41 Å². The summed E-state index contributed by atoms with van der Waals surface area (Å²) in [7, 11) is 2.79. The number of imide groups is 4. The van der Waals surface area contributed by atoms with E-state index in [-0.39, 0.29) is 24.6 Å². The molecule has 1 aromatic carbocycles. The SMILES string of the molecule is CCCCCCN1C(=O)NC(=O)/C(=C\c2ccc3c(c2)CC2(C(=O)N(C)C(=O)N(C)C2=O)C2CCCN32)C1=O. The zero-order valence-electron chi connectivity index (χ0n) is 22.5. The van der Waals surface area contributed by atoms with Crippen molar-refractivity contribution in [2.75, 3.05) is 32.1 Å². The summed E-state index contributed by atoms with van der Waals surface area (Å²) in [4.78, 5) is 82.9. The molecule has 1 spiro atoms. The van der Waals surface area contributed by atoms with Crippen molar-refractivity contribution >= 4 is 47.5 Å². The number of barbiturate groups is 2. The zero-order valence-corrected chi connectivity index (χ0v) is 22.5. The standard InChI is InChI=1S/C28H33N5O6/c1-4-5-6-7-12-33-23(35)19(22(34)29-26(33)38)15-17-10-11-20-18(14-17)16-28(21-9-8-13-32(20)21)24(36)30(2)27(39)31(3)25(28)37/h10-11,14-15,21H,4-9,12-13,16H2,1-3H3,(H,29,34,38)/b19-15+. The third-order valence-electron chi connectivity index (χ3n) is 8.38. The van der Waals surface area contributed by atoms with Crippen molar-refractivity contribution in [2.24, 2.45) is 5.41 Å². The number of rotatable bonds is 6. The minimum atomic E-state index is -1.44. The summed E-state index contributed by atoms with van der Waals surface area (Å²) in [5.74, 6) is -2.43. The first-order valence-corrected chi connectivity index (χ1v) is 13.5. The van der Waals surface area contributed by atoms with Crippen molar-refractivity contribution < 1.29 is 28.8 Å². The maximum Gasteiger partial charge on any atom is 0.332 e. The highest BCUT2D eigenvalue weighted by molar-refractivity contribution is 6.31. The Labute approximate surface area is 226 Å². The number of nitrogens with one attached hydrogen (secondary N) is 1. The van der Waals surface area contributed by atoms with Crippen LogP contribution in [0.2, 0.25) is 0 Å². The minimum absolute atomic E-state index is 0.0995. The Balaban J connectivity index is 1.49. The number of hydrogen-bond donors (Lipinski definition) is 1. The van der Waals surface area contributed by atoms with Gasteiger partial charge in [-0.15, -0.1) is 0 Å². The summed E-state index contributed by atoms with van der Waals surface area (Å²) < 4.78 is 0. The number of nitrogens with zero attached hydrogens (tertiary/aromatic N) is 4. The molecule has 11 nitrogen and oxygen atoms in total. The highest BCUT2D eigenvalue weighted by Crippen LogP contribution is 2.49. The molecule has 0 saturated carbocycles. The van der Waals surface area contributed by atoms with Gasteiger partial charge in [-0.25, -0.2) is 9.59 Å². The van der Waals surface area contributed by atoms with Gasteiger partial charge < -0.3 is 4.90 Å². The second kappa shape index (κ2) is 9.94. The fourth-order valence-electron chi connectivity index (χ4n) is 6.39. The number of fused-ring (bicyclic) bond motifs is 4. The number of hydrogen-bond acceptors (Lipinski definition) is 7. The van der Waals surface area contributed by atoms with E-state index in [9.17, 15) is 28.8 Å². The van der Waals surface area contributed by atoms with Crippen LogP contribution in [0.5, 0.6) is 0 Å². The number of benzene rings is 1. The van der Waals surface area contributed by atoms with Crippen LogP contribution in [-0.2, 0) is 25.6 Å². The zero-order chi connectivity index (χ0) is 28.1. The first-order chi connectivity index (χ1) is 18.6. The predicted octanol–water partition coefficient (Wildman–Crippen LogP) is 2.29. The molecule has 3 fully saturated rings. The first kappa shape index (κ1) is 26.6. The van der Waals surface area contributed by atoms with E-state index in [0.717, 1.165) is 51.6 Å². The van der Waals surface area contributed by atoms with E-state index in [1.807, 2.05) is 6.07 Å². The Hall–Kier alpha value is -4.02. The summed E-state index contributed by atoms with van der Waals surface area (Å²) >= 11 is 0. The van der Waals surface area contributed by atoms with Crippen LogP contribution in [0.25, 0.3) is 6.08 Å². The van der Waals surface area contributed by atoms with Gasteiger partial charge in [0.05, 0.1) is 6.04 Å². The summed E-state index contributed by atoms with van der Waals surface area (Å²) in [5.41, 5.74) is 0.557. The highest BCUT2D eigenvalue weighted by Gasteiger charge is 2.63. The van der Waals surface area contributed by atoms with Crippen molar-refractivity contribution in [1.29, 1.82) is 0 Å². The molecule has 1 N–H and O–H groups in total. The quantitative estimate of drug-likeness (QED) is 0.256. The molecular weight excluding hydrogens is 502 g/mol. The molecule has 3 saturated heterocycles. The Morgan fingerprint density at radius 2 is 1.72 bits per heavy atom. The molecule has 0 aliphatic carbocycles. The summed E-state index contributed by atoms with van der Waals surface area (Å²) in [6, 6.07) is 3.70. The van der Waals surface area contributed by atoms with Gasteiger partial charge in [0.2, 0.25) is 11.8 Å². The molecule has 4 aliphatic rings. The average molecular weight is 536 g/mol. The highest BCUT2D eigenvalue weighted by atomic mass is 16.2. The van der Waals surface area contributed by atoms with Gasteiger partial charge in [-0.3, -0.25) is 39.2 Å².